The Morgan fingerprint density at radius 1 is 1.21 bits per heavy atom. The first-order valence-corrected chi connectivity index (χ1v) is 10.3. The number of ether oxygens (including phenoxy) is 2. The van der Waals surface area contributed by atoms with Crippen molar-refractivity contribution < 1.29 is 27.5 Å². The second kappa shape index (κ2) is 7.48. The van der Waals surface area contributed by atoms with Gasteiger partial charge in [0.15, 0.2) is 6.73 Å². The highest BCUT2D eigenvalue weighted by molar-refractivity contribution is 5.85. The summed E-state index contributed by atoms with van der Waals surface area (Å²) in [5.41, 5.74) is 4.42. The minimum Gasteiger partial charge on any atom is -0.491 e. The molecule has 1 fully saturated rings. The first-order valence-electron chi connectivity index (χ1n) is 10.3. The molecule has 8 nitrogen and oxygen atoms in total. The van der Waals surface area contributed by atoms with Crippen molar-refractivity contribution in [2.75, 3.05) is 22.3 Å². The highest BCUT2D eigenvalue weighted by Gasteiger charge is 2.50. The van der Waals surface area contributed by atoms with Crippen molar-refractivity contribution >= 4 is 23.3 Å². The van der Waals surface area contributed by atoms with E-state index in [-0.39, 0.29) is 17.5 Å². The van der Waals surface area contributed by atoms with Crippen LogP contribution in [0.2, 0.25) is 0 Å². The summed E-state index contributed by atoms with van der Waals surface area (Å²) in [6, 6.07) is 8.96. The minimum atomic E-state index is -4.55. The van der Waals surface area contributed by atoms with E-state index in [1.165, 1.54) is 6.07 Å². The molecule has 174 valence electrons. The largest absolute Gasteiger partial charge is 0.491 e. The minimum absolute atomic E-state index is 0.0850. The number of fused-ring (bicyclic) bond motifs is 3. The standard InChI is InChI=1S/C22H22F3N5O3/c1-12(2)32-17-7-14(21(23,24)25)6-15(8-17)28-22-27-10-13(3)20(29-33-22)30(22)16-4-5-19-18(9-16)26-11-31-19/h4-10,12,26,28-29H,11H2,1-3H3. The number of alkyl halides is 3. The summed E-state index contributed by atoms with van der Waals surface area (Å²) in [4.78, 5) is 12.1. The third-order valence-electron chi connectivity index (χ3n) is 5.25. The summed E-state index contributed by atoms with van der Waals surface area (Å²) in [5, 5.41) is 6.15. The van der Waals surface area contributed by atoms with Crippen LogP contribution in [0.4, 0.5) is 30.2 Å². The van der Waals surface area contributed by atoms with Gasteiger partial charge in [-0.15, -0.1) is 0 Å². The number of halogens is 3. The van der Waals surface area contributed by atoms with Gasteiger partial charge in [-0.05, 0) is 51.1 Å². The maximum atomic E-state index is 13.6. The maximum Gasteiger partial charge on any atom is 0.416 e. The van der Waals surface area contributed by atoms with Crippen LogP contribution in [-0.4, -0.2) is 25.0 Å². The fourth-order valence-corrected chi connectivity index (χ4v) is 3.84. The first-order chi connectivity index (χ1) is 15.6. The number of benzene rings is 2. The highest BCUT2D eigenvalue weighted by atomic mass is 19.4. The molecule has 3 aliphatic heterocycles. The van der Waals surface area contributed by atoms with Gasteiger partial charge in [-0.2, -0.15) is 13.2 Å². The van der Waals surface area contributed by atoms with E-state index in [4.69, 9.17) is 14.3 Å². The Kier molecular flexibility index (Phi) is 4.82. The predicted octanol–water partition coefficient (Wildman–Crippen LogP) is 4.63. The van der Waals surface area contributed by atoms with E-state index < -0.39 is 17.7 Å². The maximum absolute atomic E-state index is 13.6. The molecule has 3 aliphatic rings. The highest BCUT2D eigenvalue weighted by Crippen LogP contribution is 2.43. The van der Waals surface area contributed by atoms with Crippen LogP contribution in [0.1, 0.15) is 26.3 Å². The van der Waals surface area contributed by atoms with Gasteiger partial charge >= 0.3 is 12.1 Å². The number of nitrogens with zero attached hydrogens (tertiary/aromatic N) is 2. The fourth-order valence-electron chi connectivity index (χ4n) is 3.84. The monoisotopic (exact) mass is 461 g/mol. The molecular formula is C22H22F3N5O3. The van der Waals surface area contributed by atoms with E-state index in [2.05, 4.69) is 21.1 Å². The Bertz CT molecular complexity index is 1160. The lowest BCUT2D eigenvalue weighted by atomic mass is 10.1. The van der Waals surface area contributed by atoms with Gasteiger partial charge in [-0.1, -0.05) is 0 Å². The number of aliphatic imine (C=N–C) groups is 1. The van der Waals surface area contributed by atoms with E-state index in [0.29, 0.717) is 24.0 Å². The Morgan fingerprint density at radius 3 is 2.79 bits per heavy atom. The van der Waals surface area contributed by atoms with Gasteiger partial charge in [0.2, 0.25) is 0 Å². The van der Waals surface area contributed by atoms with E-state index in [1.807, 2.05) is 25.1 Å². The van der Waals surface area contributed by atoms with Gasteiger partial charge in [0.05, 0.1) is 23.0 Å². The van der Waals surface area contributed by atoms with Crippen LogP contribution in [0.25, 0.3) is 0 Å². The van der Waals surface area contributed by atoms with Gasteiger partial charge in [0.25, 0.3) is 0 Å². The summed E-state index contributed by atoms with van der Waals surface area (Å²) < 4.78 is 51.8. The lowest BCUT2D eigenvalue weighted by molar-refractivity contribution is -0.137. The molecule has 33 heavy (non-hydrogen) atoms. The Morgan fingerprint density at radius 2 is 2.03 bits per heavy atom. The Balaban J connectivity index is 1.56. The second-order valence-electron chi connectivity index (χ2n) is 8.12. The lowest BCUT2D eigenvalue weighted by Crippen LogP contribution is -2.51. The molecule has 0 spiro atoms. The summed E-state index contributed by atoms with van der Waals surface area (Å²) in [6.07, 6.45) is -3.25. The number of hydrogen-bond acceptors (Lipinski definition) is 8. The Hall–Kier alpha value is -3.60. The van der Waals surface area contributed by atoms with Crippen LogP contribution in [-0.2, 0) is 11.0 Å². The molecule has 3 N–H and O–H groups in total. The van der Waals surface area contributed by atoms with Gasteiger partial charge in [0.1, 0.15) is 17.3 Å². The smallest absolute Gasteiger partial charge is 0.416 e. The summed E-state index contributed by atoms with van der Waals surface area (Å²) >= 11 is 0. The SMILES string of the molecule is CC1=C2NOC(Nc3cc(OC(C)C)cc(C(F)(F)F)c3)(N=C1)N2c1ccc2c(c1)NCO2. The predicted molar refractivity (Wildman–Crippen MR) is 117 cm³/mol. The van der Waals surface area contributed by atoms with Crippen LogP contribution in [0.3, 0.4) is 0 Å². The van der Waals surface area contributed by atoms with Crippen molar-refractivity contribution in [2.45, 2.75) is 39.0 Å². The molecule has 11 heteroatoms. The second-order valence-corrected chi connectivity index (χ2v) is 8.12. The molecule has 1 unspecified atom stereocenters. The Labute approximate surface area is 188 Å². The van der Waals surface area contributed by atoms with Crippen LogP contribution in [0.15, 0.2) is 52.8 Å². The third-order valence-corrected chi connectivity index (χ3v) is 5.25. The molecule has 3 heterocycles. The summed E-state index contributed by atoms with van der Waals surface area (Å²) in [7, 11) is 0. The van der Waals surface area contributed by atoms with Gasteiger partial charge in [0, 0.05) is 23.5 Å². The molecule has 2 bridgehead atoms. The van der Waals surface area contributed by atoms with Crippen molar-refractivity contribution in [3.8, 4) is 11.5 Å². The zero-order chi connectivity index (χ0) is 23.4. The molecule has 0 amide bonds. The van der Waals surface area contributed by atoms with Crippen molar-refractivity contribution in [3.63, 3.8) is 0 Å². The van der Waals surface area contributed by atoms with E-state index in [9.17, 15) is 13.2 Å². The number of nitrogens with one attached hydrogen (secondary N) is 3. The number of rotatable bonds is 5. The van der Waals surface area contributed by atoms with Crippen LogP contribution < -0.4 is 30.5 Å². The molecule has 0 aliphatic carbocycles. The molecule has 2 aromatic carbocycles. The number of hydrogen-bond donors (Lipinski definition) is 3. The molecule has 0 saturated carbocycles. The van der Waals surface area contributed by atoms with Gasteiger partial charge < -0.3 is 20.1 Å². The molecule has 1 saturated heterocycles. The average molecular weight is 461 g/mol. The van der Waals surface area contributed by atoms with Crippen molar-refractivity contribution in [1.29, 1.82) is 0 Å². The molecule has 5 rings (SSSR count). The summed E-state index contributed by atoms with van der Waals surface area (Å²) in [5.74, 6) is -0.146. The molecular weight excluding hydrogens is 439 g/mol. The van der Waals surface area contributed by atoms with Crippen molar-refractivity contribution in [2.24, 2.45) is 4.99 Å². The topological polar surface area (TPSA) is 79.4 Å². The van der Waals surface area contributed by atoms with Gasteiger partial charge in [-0.25, -0.2) is 15.3 Å². The first kappa shape index (κ1) is 21.3. The normalized spacial score (nSPS) is 21.0. The van der Waals surface area contributed by atoms with Crippen LogP contribution >= 0.6 is 0 Å². The van der Waals surface area contributed by atoms with E-state index in [1.54, 1.807) is 25.0 Å². The molecule has 0 aromatic heterocycles. The quantitative estimate of drug-likeness (QED) is 0.599. The summed E-state index contributed by atoms with van der Waals surface area (Å²) in [6.45, 7) is 5.70. The van der Waals surface area contributed by atoms with Crippen LogP contribution in [0, 0.1) is 0 Å². The molecule has 2 aromatic rings. The van der Waals surface area contributed by atoms with Crippen molar-refractivity contribution in [3.05, 3.63) is 53.4 Å². The fraction of sp³-hybridized carbons (Fsp3) is 0.318. The van der Waals surface area contributed by atoms with E-state index in [0.717, 1.165) is 23.4 Å². The lowest BCUT2D eigenvalue weighted by Gasteiger charge is -2.36. The van der Waals surface area contributed by atoms with Gasteiger partial charge in [-0.3, -0.25) is 4.90 Å². The third kappa shape index (κ3) is 3.78. The molecule has 0 radical (unpaired) electrons. The zero-order valence-electron chi connectivity index (χ0n) is 18.1. The number of allylic oxidation sites excluding steroid dienone is 1. The van der Waals surface area contributed by atoms with E-state index >= 15 is 0 Å². The molecule has 1 atom stereocenters. The average Bonchev–Trinajstić information content (AvgIpc) is 3.31. The van der Waals surface area contributed by atoms with Crippen molar-refractivity contribution in [1.82, 2.24) is 5.48 Å². The number of hydroxylamine groups is 1. The zero-order valence-corrected chi connectivity index (χ0v) is 18.1. The number of anilines is 3. The van der Waals surface area contributed by atoms with Crippen LogP contribution in [0.5, 0.6) is 11.5 Å².